The molecule has 1 amide bonds. The van der Waals surface area contributed by atoms with Crippen molar-refractivity contribution in [3.63, 3.8) is 0 Å². The molecule has 1 saturated heterocycles. The SMILES string of the molecule is COc1ccc(OC)c(NC(=O)CN2CCC(Cn3c(C)nc4ccccc43)CC2)c1. The second-order valence-corrected chi connectivity index (χ2v) is 8.09. The van der Waals surface area contributed by atoms with Crippen LogP contribution >= 0.6 is 0 Å². The van der Waals surface area contributed by atoms with Gasteiger partial charge in [-0.2, -0.15) is 0 Å². The van der Waals surface area contributed by atoms with Gasteiger partial charge >= 0.3 is 0 Å². The average Bonchev–Trinajstić information content (AvgIpc) is 3.10. The summed E-state index contributed by atoms with van der Waals surface area (Å²) in [6, 6.07) is 13.7. The molecule has 0 spiro atoms. The molecule has 7 nitrogen and oxygen atoms in total. The van der Waals surface area contributed by atoms with Gasteiger partial charge in [0.05, 0.1) is 37.5 Å². The predicted molar refractivity (Wildman–Crippen MR) is 122 cm³/mol. The fourth-order valence-electron chi connectivity index (χ4n) is 4.32. The number of aromatic nitrogens is 2. The number of ether oxygens (including phenoxy) is 2. The highest BCUT2D eigenvalue weighted by Crippen LogP contribution is 2.29. The maximum atomic E-state index is 12.6. The van der Waals surface area contributed by atoms with Gasteiger partial charge in [-0.15, -0.1) is 0 Å². The van der Waals surface area contributed by atoms with Crippen molar-refractivity contribution in [2.45, 2.75) is 26.3 Å². The number of piperidine rings is 1. The van der Waals surface area contributed by atoms with E-state index in [1.165, 1.54) is 5.52 Å². The maximum absolute atomic E-state index is 12.6. The van der Waals surface area contributed by atoms with Crippen molar-refractivity contribution < 1.29 is 14.3 Å². The summed E-state index contributed by atoms with van der Waals surface area (Å²) < 4.78 is 12.9. The van der Waals surface area contributed by atoms with Gasteiger partial charge in [-0.05, 0) is 63.0 Å². The van der Waals surface area contributed by atoms with Crippen molar-refractivity contribution in [1.82, 2.24) is 14.5 Å². The lowest BCUT2D eigenvalue weighted by Gasteiger charge is -2.32. The summed E-state index contributed by atoms with van der Waals surface area (Å²) in [6.07, 6.45) is 2.14. The van der Waals surface area contributed by atoms with E-state index in [9.17, 15) is 4.79 Å². The monoisotopic (exact) mass is 422 g/mol. The van der Waals surface area contributed by atoms with Crippen LogP contribution in [0.3, 0.4) is 0 Å². The van der Waals surface area contributed by atoms with Crippen LogP contribution in [0.25, 0.3) is 11.0 Å². The zero-order valence-electron chi connectivity index (χ0n) is 18.4. The van der Waals surface area contributed by atoms with E-state index in [1.807, 2.05) is 12.1 Å². The van der Waals surface area contributed by atoms with Gasteiger partial charge in [0.15, 0.2) is 0 Å². The molecule has 3 aromatic rings. The molecule has 0 saturated carbocycles. The average molecular weight is 423 g/mol. The number of hydrogen-bond acceptors (Lipinski definition) is 5. The Balaban J connectivity index is 1.31. The first kappa shape index (κ1) is 21.2. The summed E-state index contributed by atoms with van der Waals surface area (Å²) in [4.78, 5) is 19.5. The molecular weight excluding hydrogens is 392 g/mol. The Kier molecular flexibility index (Phi) is 6.42. The Morgan fingerprint density at radius 1 is 1.13 bits per heavy atom. The normalized spacial score (nSPS) is 15.2. The highest BCUT2D eigenvalue weighted by Gasteiger charge is 2.23. The third-order valence-electron chi connectivity index (χ3n) is 6.04. The molecule has 0 radical (unpaired) electrons. The lowest BCUT2D eigenvalue weighted by atomic mass is 9.96. The van der Waals surface area contributed by atoms with Crippen molar-refractivity contribution >= 4 is 22.6 Å². The maximum Gasteiger partial charge on any atom is 0.238 e. The number of amides is 1. The van der Waals surface area contributed by atoms with Gasteiger partial charge in [0, 0.05) is 12.6 Å². The summed E-state index contributed by atoms with van der Waals surface area (Å²) in [6.45, 7) is 5.26. The molecule has 1 aliphatic rings. The Bertz CT molecular complexity index is 1050. The number of nitrogens with one attached hydrogen (secondary N) is 1. The predicted octanol–water partition coefficient (Wildman–Crippen LogP) is 3.71. The van der Waals surface area contributed by atoms with E-state index in [-0.39, 0.29) is 5.91 Å². The molecule has 7 heteroatoms. The molecule has 31 heavy (non-hydrogen) atoms. The molecule has 1 aliphatic heterocycles. The van der Waals surface area contributed by atoms with Gasteiger partial charge in [-0.1, -0.05) is 12.1 Å². The fraction of sp³-hybridized carbons (Fsp3) is 0.417. The Morgan fingerprint density at radius 3 is 2.65 bits per heavy atom. The molecule has 0 atom stereocenters. The minimum Gasteiger partial charge on any atom is -0.497 e. The molecule has 1 N–H and O–H groups in total. The zero-order chi connectivity index (χ0) is 21.8. The Hall–Kier alpha value is -3.06. The van der Waals surface area contributed by atoms with Crippen LogP contribution in [0, 0.1) is 12.8 Å². The first-order valence-electron chi connectivity index (χ1n) is 10.7. The number of benzene rings is 2. The topological polar surface area (TPSA) is 68.6 Å². The third-order valence-corrected chi connectivity index (χ3v) is 6.04. The second kappa shape index (κ2) is 9.39. The quantitative estimate of drug-likeness (QED) is 0.629. The number of para-hydroxylation sites is 2. The number of aryl methyl sites for hydroxylation is 1. The van der Waals surface area contributed by atoms with Crippen molar-refractivity contribution in [3.05, 3.63) is 48.3 Å². The van der Waals surface area contributed by atoms with E-state index in [1.54, 1.807) is 26.4 Å². The molecule has 2 aromatic carbocycles. The number of methoxy groups -OCH3 is 2. The van der Waals surface area contributed by atoms with Crippen LogP contribution < -0.4 is 14.8 Å². The number of hydrogen-bond donors (Lipinski definition) is 1. The Morgan fingerprint density at radius 2 is 1.90 bits per heavy atom. The van der Waals surface area contributed by atoms with Gasteiger partial charge in [-0.25, -0.2) is 4.98 Å². The summed E-state index contributed by atoms with van der Waals surface area (Å²) in [5.74, 6) is 2.92. The van der Waals surface area contributed by atoms with E-state index in [4.69, 9.17) is 9.47 Å². The number of rotatable bonds is 7. The lowest BCUT2D eigenvalue weighted by Crippen LogP contribution is -2.40. The van der Waals surface area contributed by atoms with Crippen molar-refractivity contribution in [2.24, 2.45) is 5.92 Å². The van der Waals surface area contributed by atoms with Gasteiger partial charge in [0.1, 0.15) is 17.3 Å². The molecule has 1 fully saturated rings. The summed E-state index contributed by atoms with van der Waals surface area (Å²) >= 11 is 0. The summed E-state index contributed by atoms with van der Waals surface area (Å²) in [5.41, 5.74) is 2.89. The number of imidazole rings is 1. The van der Waals surface area contributed by atoms with Crippen LogP contribution in [0.4, 0.5) is 5.69 Å². The molecule has 1 aromatic heterocycles. The number of fused-ring (bicyclic) bond motifs is 1. The molecular formula is C24H30N4O3. The molecule has 0 bridgehead atoms. The van der Waals surface area contributed by atoms with Crippen molar-refractivity contribution in [2.75, 3.05) is 39.2 Å². The minimum atomic E-state index is -0.0403. The number of carbonyl (C=O) groups excluding carboxylic acids is 1. The zero-order valence-corrected chi connectivity index (χ0v) is 18.4. The number of carbonyl (C=O) groups is 1. The number of nitrogens with zero attached hydrogens (tertiary/aromatic N) is 3. The smallest absolute Gasteiger partial charge is 0.238 e. The highest BCUT2D eigenvalue weighted by atomic mass is 16.5. The van der Waals surface area contributed by atoms with Crippen LogP contribution in [-0.2, 0) is 11.3 Å². The van der Waals surface area contributed by atoms with Crippen LogP contribution in [0.15, 0.2) is 42.5 Å². The molecule has 164 valence electrons. The Labute approximate surface area is 183 Å². The standard InChI is InChI=1S/C24H30N4O3/c1-17-25-20-6-4-5-7-22(20)28(17)15-18-10-12-27(13-11-18)16-24(29)26-21-14-19(30-2)8-9-23(21)31-3/h4-9,14,18H,10-13,15-16H2,1-3H3,(H,26,29). The molecule has 4 rings (SSSR count). The highest BCUT2D eigenvalue weighted by molar-refractivity contribution is 5.94. The lowest BCUT2D eigenvalue weighted by molar-refractivity contribution is -0.117. The third kappa shape index (κ3) is 4.82. The van der Waals surface area contributed by atoms with E-state index in [0.29, 0.717) is 29.6 Å². The van der Waals surface area contributed by atoms with Gasteiger partial charge in [-0.3, -0.25) is 9.69 Å². The van der Waals surface area contributed by atoms with E-state index in [2.05, 4.69) is 44.9 Å². The van der Waals surface area contributed by atoms with Crippen LogP contribution in [0.5, 0.6) is 11.5 Å². The van der Waals surface area contributed by atoms with Crippen molar-refractivity contribution in [3.8, 4) is 11.5 Å². The fourth-order valence-corrected chi connectivity index (χ4v) is 4.32. The summed E-state index contributed by atoms with van der Waals surface area (Å²) in [7, 11) is 3.19. The largest absolute Gasteiger partial charge is 0.497 e. The van der Waals surface area contributed by atoms with Crippen LogP contribution in [0.2, 0.25) is 0 Å². The van der Waals surface area contributed by atoms with Crippen LogP contribution in [0.1, 0.15) is 18.7 Å². The number of likely N-dealkylation sites (tertiary alicyclic amines) is 1. The molecule has 0 aliphatic carbocycles. The van der Waals surface area contributed by atoms with Gasteiger partial charge in [0.25, 0.3) is 0 Å². The van der Waals surface area contributed by atoms with Crippen LogP contribution in [-0.4, -0.2) is 54.2 Å². The van der Waals surface area contributed by atoms with Gasteiger partial charge in [0.2, 0.25) is 5.91 Å². The van der Waals surface area contributed by atoms with Crippen molar-refractivity contribution in [1.29, 1.82) is 0 Å². The molecule has 0 unspecified atom stereocenters. The molecule has 2 heterocycles. The first-order chi connectivity index (χ1) is 15.1. The summed E-state index contributed by atoms with van der Waals surface area (Å²) in [5, 5.41) is 2.96. The first-order valence-corrected chi connectivity index (χ1v) is 10.7. The van der Waals surface area contributed by atoms with E-state index >= 15 is 0 Å². The van der Waals surface area contributed by atoms with Gasteiger partial charge < -0.3 is 19.4 Å². The number of anilines is 1. The second-order valence-electron chi connectivity index (χ2n) is 8.09. The van der Waals surface area contributed by atoms with E-state index < -0.39 is 0 Å². The van der Waals surface area contributed by atoms with E-state index in [0.717, 1.165) is 43.8 Å². The minimum absolute atomic E-state index is 0.0403.